The summed E-state index contributed by atoms with van der Waals surface area (Å²) in [5.74, 6) is 2.55. The van der Waals surface area contributed by atoms with Crippen LogP contribution >= 0.6 is 0 Å². The highest BCUT2D eigenvalue weighted by Gasteiger charge is 2.12. The summed E-state index contributed by atoms with van der Waals surface area (Å²) in [6.07, 6.45) is 0.569. The normalized spacial score (nSPS) is 13.8. The van der Waals surface area contributed by atoms with E-state index in [2.05, 4.69) is 5.48 Å². The van der Waals surface area contributed by atoms with Crippen molar-refractivity contribution in [1.29, 1.82) is 0 Å². The number of allylic oxidation sites excluding steroid dienone is 1. The van der Waals surface area contributed by atoms with Crippen LogP contribution in [-0.4, -0.2) is 5.94 Å². The highest BCUT2D eigenvalue weighted by molar-refractivity contribution is 5.55. The summed E-state index contributed by atoms with van der Waals surface area (Å²) >= 11 is 0. The Kier molecular flexibility index (Phi) is 1.57. The van der Waals surface area contributed by atoms with Crippen LogP contribution in [0, 0.1) is 0 Å². The van der Waals surface area contributed by atoms with Gasteiger partial charge in [-0.1, -0.05) is 18.2 Å². The minimum Gasteiger partial charge on any atom is -0.381 e. The number of benzene rings is 1. The van der Waals surface area contributed by atoms with Crippen LogP contribution < -0.4 is 10.3 Å². The van der Waals surface area contributed by atoms with Gasteiger partial charge in [0.25, 0.3) is 0 Å². The summed E-state index contributed by atoms with van der Waals surface area (Å²) < 4.78 is 0. The van der Waals surface area contributed by atoms with Crippen molar-refractivity contribution < 1.29 is 9.63 Å². The minimum atomic E-state index is 0.439. The van der Waals surface area contributed by atoms with Crippen LogP contribution in [-0.2, 0) is 11.2 Å². The van der Waals surface area contributed by atoms with E-state index < -0.39 is 0 Å². The first kappa shape index (κ1) is 6.95. The zero-order chi connectivity index (χ0) is 8.39. The van der Waals surface area contributed by atoms with Crippen LogP contribution in [0.2, 0.25) is 0 Å². The maximum atomic E-state index is 10.3. The molecule has 12 heavy (non-hydrogen) atoms. The molecule has 0 aromatic heterocycles. The second-order valence-electron chi connectivity index (χ2n) is 2.57. The van der Waals surface area contributed by atoms with Gasteiger partial charge in [0.05, 0.1) is 0 Å². The number of carbonyl (C=O) groups excluding carboxylic acids is 1. The predicted molar refractivity (Wildman–Crippen MR) is 43.1 cm³/mol. The average Bonchev–Trinajstić information content (AvgIpc) is 2.17. The number of hydrogen-bond donors (Lipinski definition) is 1. The van der Waals surface area contributed by atoms with E-state index in [1.165, 1.54) is 0 Å². The fraction of sp³-hybridized carbons (Fsp3) is 0.111. The van der Waals surface area contributed by atoms with E-state index in [0.29, 0.717) is 12.1 Å². The first-order chi connectivity index (χ1) is 5.90. The highest BCUT2D eigenvalue weighted by Crippen LogP contribution is 2.22. The van der Waals surface area contributed by atoms with Gasteiger partial charge in [-0.05, 0) is 6.07 Å². The van der Waals surface area contributed by atoms with E-state index in [-0.39, 0.29) is 0 Å². The Labute approximate surface area is 69.6 Å². The van der Waals surface area contributed by atoms with Gasteiger partial charge in [0, 0.05) is 12.0 Å². The molecule has 0 spiro atoms. The molecule has 0 aliphatic carbocycles. The zero-order valence-corrected chi connectivity index (χ0v) is 6.33. The lowest BCUT2D eigenvalue weighted by Gasteiger charge is -2.17. The van der Waals surface area contributed by atoms with Crippen molar-refractivity contribution in [1.82, 2.24) is 5.48 Å². The molecule has 0 unspecified atom stereocenters. The summed E-state index contributed by atoms with van der Waals surface area (Å²) in [6.45, 7) is 0. The molecule has 1 heterocycles. The molecule has 0 fully saturated rings. The van der Waals surface area contributed by atoms with E-state index in [9.17, 15) is 4.79 Å². The molecule has 3 heteroatoms. The fourth-order valence-corrected chi connectivity index (χ4v) is 1.15. The van der Waals surface area contributed by atoms with Crippen LogP contribution in [0.5, 0.6) is 5.75 Å². The quantitative estimate of drug-likeness (QED) is 0.573. The first-order valence-electron chi connectivity index (χ1n) is 3.65. The summed E-state index contributed by atoms with van der Waals surface area (Å²) in [5, 5.41) is 0. The number of hydrogen-bond acceptors (Lipinski definition) is 3. The Bertz CT molecular complexity index is 353. The lowest BCUT2D eigenvalue weighted by molar-refractivity contribution is 0.213. The van der Waals surface area contributed by atoms with E-state index in [0.717, 1.165) is 11.3 Å². The number of hydroxylamine groups is 1. The SMILES string of the molecule is O=C=C1Cc2ccccc2ON1. The molecule has 0 bridgehead atoms. The van der Waals surface area contributed by atoms with E-state index >= 15 is 0 Å². The lowest BCUT2D eigenvalue weighted by atomic mass is 10.1. The van der Waals surface area contributed by atoms with Crippen molar-refractivity contribution in [2.45, 2.75) is 6.42 Å². The molecule has 0 atom stereocenters. The van der Waals surface area contributed by atoms with Gasteiger partial charge >= 0.3 is 0 Å². The van der Waals surface area contributed by atoms with Crippen molar-refractivity contribution in [2.24, 2.45) is 0 Å². The van der Waals surface area contributed by atoms with E-state index in [1.807, 2.05) is 24.3 Å². The van der Waals surface area contributed by atoms with Gasteiger partial charge in [-0.2, -0.15) is 0 Å². The van der Waals surface area contributed by atoms with Crippen molar-refractivity contribution in [2.75, 3.05) is 0 Å². The number of rotatable bonds is 0. The molecule has 60 valence electrons. The second-order valence-corrected chi connectivity index (χ2v) is 2.57. The summed E-state index contributed by atoms with van der Waals surface area (Å²) in [7, 11) is 0. The largest absolute Gasteiger partial charge is 0.381 e. The molecule has 1 aliphatic heterocycles. The number of para-hydroxylation sites is 1. The Morgan fingerprint density at radius 2 is 2.25 bits per heavy atom. The van der Waals surface area contributed by atoms with Crippen molar-refractivity contribution in [3.8, 4) is 5.75 Å². The summed E-state index contributed by atoms with van der Waals surface area (Å²) in [5.41, 5.74) is 3.97. The molecule has 0 saturated heterocycles. The monoisotopic (exact) mass is 161 g/mol. The van der Waals surface area contributed by atoms with Gasteiger partial charge < -0.3 is 4.84 Å². The lowest BCUT2D eigenvalue weighted by Crippen LogP contribution is -2.25. The third-order valence-electron chi connectivity index (χ3n) is 1.75. The molecular weight excluding hydrogens is 154 g/mol. The Hall–Kier alpha value is -1.73. The highest BCUT2D eigenvalue weighted by atomic mass is 16.6. The van der Waals surface area contributed by atoms with Crippen LogP contribution in [0.1, 0.15) is 5.56 Å². The Morgan fingerprint density at radius 3 is 3.08 bits per heavy atom. The molecule has 1 aliphatic rings. The van der Waals surface area contributed by atoms with Gasteiger partial charge in [-0.15, -0.1) is 0 Å². The predicted octanol–water partition coefficient (Wildman–Crippen LogP) is 0.842. The standard InChI is InChI=1S/C9H7NO2/c11-6-8-5-7-3-1-2-4-9(7)12-10-8/h1-4,10H,5H2. The zero-order valence-electron chi connectivity index (χ0n) is 6.33. The molecule has 1 aromatic rings. The maximum absolute atomic E-state index is 10.3. The van der Waals surface area contributed by atoms with Gasteiger partial charge in [-0.3, -0.25) is 0 Å². The van der Waals surface area contributed by atoms with Gasteiger partial charge in [0.2, 0.25) is 0 Å². The van der Waals surface area contributed by atoms with Crippen LogP contribution in [0.15, 0.2) is 30.0 Å². The topological polar surface area (TPSA) is 38.3 Å². The Morgan fingerprint density at radius 1 is 1.42 bits per heavy atom. The third-order valence-corrected chi connectivity index (χ3v) is 1.75. The van der Waals surface area contributed by atoms with Crippen LogP contribution in [0.3, 0.4) is 0 Å². The second kappa shape index (κ2) is 2.72. The van der Waals surface area contributed by atoms with Gasteiger partial charge in [0.1, 0.15) is 11.6 Å². The van der Waals surface area contributed by atoms with Gasteiger partial charge in [0.15, 0.2) is 5.75 Å². The Balaban J connectivity index is 2.41. The number of nitrogens with one attached hydrogen (secondary N) is 1. The van der Waals surface area contributed by atoms with E-state index in [4.69, 9.17) is 4.84 Å². The fourth-order valence-electron chi connectivity index (χ4n) is 1.15. The van der Waals surface area contributed by atoms with Crippen molar-refractivity contribution in [3.63, 3.8) is 0 Å². The summed E-state index contributed by atoms with van der Waals surface area (Å²) in [4.78, 5) is 15.3. The van der Waals surface area contributed by atoms with Crippen molar-refractivity contribution in [3.05, 3.63) is 35.5 Å². The molecule has 2 rings (SSSR count). The molecule has 0 saturated carbocycles. The molecule has 1 aromatic carbocycles. The van der Waals surface area contributed by atoms with Crippen LogP contribution in [0.25, 0.3) is 0 Å². The smallest absolute Gasteiger partial charge is 0.158 e. The van der Waals surface area contributed by atoms with Crippen LogP contribution in [0.4, 0.5) is 0 Å². The van der Waals surface area contributed by atoms with E-state index in [1.54, 1.807) is 5.94 Å². The molecule has 0 amide bonds. The van der Waals surface area contributed by atoms with Crippen molar-refractivity contribution >= 4 is 5.94 Å². The van der Waals surface area contributed by atoms with Gasteiger partial charge in [-0.25, -0.2) is 10.3 Å². The molecule has 1 N–H and O–H groups in total. The number of fused-ring (bicyclic) bond motifs is 1. The maximum Gasteiger partial charge on any atom is 0.158 e. The minimum absolute atomic E-state index is 0.439. The molecular formula is C9H7NO2. The molecule has 3 nitrogen and oxygen atoms in total. The third kappa shape index (κ3) is 1.06. The average molecular weight is 161 g/mol. The summed E-state index contributed by atoms with van der Waals surface area (Å²) in [6, 6.07) is 7.57. The first-order valence-corrected chi connectivity index (χ1v) is 3.65. The molecule has 0 radical (unpaired) electrons.